The highest BCUT2D eigenvalue weighted by atomic mass is 19.4. The minimum atomic E-state index is -4.18. The molecule has 0 aliphatic carbocycles. The molecule has 0 amide bonds. The van der Waals surface area contributed by atoms with Crippen molar-refractivity contribution < 1.29 is 13.2 Å². The van der Waals surface area contributed by atoms with E-state index in [9.17, 15) is 13.2 Å². The van der Waals surface area contributed by atoms with Gasteiger partial charge in [0.05, 0.1) is 0 Å². The number of hydrogen-bond acceptors (Lipinski definition) is 0. The molecule has 76 valence electrons. The van der Waals surface area contributed by atoms with Gasteiger partial charge in [0.25, 0.3) is 0 Å². The van der Waals surface area contributed by atoms with Crippen LogP contribution >= 0.6 is 0 Å². The van der Waals surface area contributed by atoms with Gasteiger partial charge in [-0.3, -0.25) is 0 Å². The summed E-state index contributed by atoms with van der Waals surface area (Å²) < 4.78 is 35.3. The molecule has 3 heteroatoms. The highest BCUT2D eigenvalue weighted by Gasteiger charge is 2.22. The molecule has 0 aromatic heterocycles. The molecular formula is C10H15F3. The molecule has 0 N–H and O–H groups in total. The molecule has 1 unspecified atom stereocenters. The van der Waals surface area contributed by atoms with Gasteiger partial charge in [-0.2, -0.15) is 13.2 Å². The van der Waals surface area contributed by atoms with Gasteiger partial charge < -0.3 is 0 Å². The summed E-state index contributed by atoms with van der Waals surface area (Å²) in [6.07, 6.45) is 1.35. The summed E-state index contributed by atoms with van der Waals surface area (Å²) in [6, 6.07) is 0. The van der Waals surface area contributed by atoms with Crippen LogP contribution in [0.3, 0.4) is 0 Å². The molecule has 13 heavy (non-hydrogen) atoms. The lowest BCUT2D eigenvalue weighted by atomic mass is 10.00. The Kier molecular flexibility index (Phi) is 5.51. The van der Waals surface area contributed by atoms with E-state index in [-0.39, 0.29) is 5.92 Å². The van der Waals surface area contributed by atoms with Crippen molar-refractivity contribution in [1.82, 2.24) is 0 Å². The van der Waals surface area contributed by atoms with Crippen LogP contribution in [0.5, 0.6) is 0 Å². The summed E-state index contributed by atoms with van der Waals surface area (Å²) in [4.78, 5) is 0. The first-order chi connectivity index (χ1) is 5.99. The molecule has 0 heterocycles. The Morgan fingerprint density at radius 2 is 2.00 bits per heavy atom. The highest BCUT2D eigenvalue weighted by Crippen LogP contribution is 2.20. The summed E-state index contributed by atoms with van der Waals surface area (Å²) in [5.74, 6) is 0.0135. The average molecular weight is 192 g/mol. The molecule has 0 aromatic carbocycles. The first kappa shape index (κ1) is 12.3. The minimum absolute atomic E-state index is 0.0135. The van der Waals surface area contributed by atoms with Crippen molar-refractivity contribution in [2.45, 2.75) is 32.4 Å². The van der Waals surface area contributed by atoms with Gasteiger partial charge in [0, 0.05) is 6.08 Å². The molecule has 0 rings (SSSR count). The van der Waals surface area contributed by atoms with Gasteiger partial charge in [0.15, 0.2) is 0 Å². The molecule has 0 radical (unpaired) electrons. The maximum Gasteiger partial charge on any atom is 0.409 e. The summed E-state index contributed by atoms with van der Waals surface area (Å²) in [6.45, 7) is 5.41. The Balaban J connectivity index is 3.96. The van der Waals surface area contributed by atoms with Crippen LogP contribution in [0, 0.1) is 5.92 Å². The first-order valence-electron chi connectivity index (χ1n) is 4.36. The third-order valence-electron chi connectivity index (χ3n) is 1.82. The smallest absolute Gasteiger partial charge is 0.167 e. The van der Waals surface area contributed by atoms with Crippen LogP contribution in [0.1, 0.15) is 26.2 Å². The Bertz CT molecular complexity index is 167. The zero-order valence-corrected chi connectivity index (χ0v) is 7.77. The Morgan fingerprint density at radius 1 is 1.38 bits per heavy atom. The van der Waals surface area contributed by atoms with Crippen LogP contribution in [0.4, 0.5) is 13.2 Å². The Morgan fingerprint density at radius 3 is 2.38 bits per heavy atom. The molecular weight excluding hydrogens is 177 g/mol. The number of halogens is 3. The van der Waals surface area contributed by atoms with Crippen molar-refractivity contribution in [2.24, 2.45) is 5.92 Å². The van der Waals surface area contributed by atoms with Gasteiger partial charge >= 0.3 is 6.18 Å². The standard InChI is InChI=1S/C10H15F3/c1-3-5-6-9(4-2)7-8-10(11,12)13/h3,7-9H,1,4-6H2,2H3. The van der Waals surface area contributed by atoms with Gasteiger partial charge in [-0.05, 0) is 25.2 Å². The lowest BCUT2D eigenvalue weighted by Gasteiger charge is -2.08. The third kappa shape index (κ3) is 7.62. The molecule has 0 bridgehead atoms. The fourth-order valence-corrected chi connectivity index (χ4v) is 1.01. The normalized spacial score (nSPS) is 14.8. The fourth-order valence-electron chi connectivity index (χ4n) is 1.01. The van der Waals surface area contributed by atoms with E-state index in [1.165, 1.54) is 6.08 Å². The second-order valence-corrected chi connectivity index (χ2v) is 2.94. The second-order valence-electron chi connectivity index (χ2n) is 2.94. The van der Waals surface area contributed by atoms with Crippen LogP contribution < -0.4 is 0 Å². The van der Waals surface area contributed by atoms with Gasteiger partial charge in [-0.25, -0.2) is 0 Å². The maximum atomic E-state index is 11.8. The van der Waals surface area contributed by atoms with Gasteiger partial charge in [-0.15, -0.1) is 6.58 Å². The van der Waals surface area contributed by atoms with E-state index in [4.69, 9.17) is 0 Å². The molecule has 0 saturated heterocycles. The fraction of sp³-hybridized carbons (Fsp3) is 0.600. The zero-order valence-electron chi connectivity index (χ0n) is 7.77. The van der Waals surface area contributed by atoms with Gasteiger partial charge in [-0.1, -0.05) is 19.1 Å². The van der Waals surface area contributed by atoms with E-state index < -0.39 is 6.18 Å². The predicted octanol–water partition coefficient (Wildman–Crippen LogP) is 4.10. The Labute approximate surface area is 77.1 Å². The van der Waals surface area contributed by atoms with Crippen LogP contribution in [0.2, 0.25) is 0 Å². The zero-order chi connectivity index (χ0) is 10.3. The number of hydrogen-bond donors (Lipinski definition) is 0. The van der Waals surface area contributed by atoms with Gasteiger partial charge in [0.2, 0.25) is 0 Å². The molecule has 0 aromatic rings. The van der Waals surface area contributed by atoms with Crippen molar-refractivity contribution >= 4 is 0 Å². The van der Waals surface area contributed by atoms with Crippen molar-refractivity contribution in [3.8, 4) is 0 Å². The van der Waals surface area contributed by atoms with E-state index in [2.05, 4.69) is 6.58 Å². The van der Waals surface area contributed by atoms with Crippen LogP contribution in [-0.2, 0) is 0 Å². The van der Waals surface area contributed by atoms with E-state index >= 15 is 0 Å². The molecule has 0 fully saturated rings. The SMILES string of the molecule is C=CCCC(C=CC(F)(F)F)CC. The maximum absolute atomic E-state index is 11.8. The highest BCUT2D eigenvalue weighted by molar-refractivity contribution is 4.93. The number of alkyl halides is 3. The molecule has 0 saturated carbocycles. The van der Waals surface area contributed by atoms with Crippen LogP contribution in [0.25, 0.3) is 0 Å². The van der Waals surface area contributed by atoms with E-state index in [0.29, 0.717) is 6.08 Å². The van der Waals surface area contributed by atoms with Crippen molar-refractivity contribution in [3.05, 3.63) is 24.8 Å². The third-order valence-corrected chi connectivity index (χ3v) is 1.82. The van der Waals surface area contributed by atoms with Crippen LogP contribution in [0.15, 0.2) is 24.8 Å². The number of rotatable bonds is 5. The Hall–Kier alpha value is -0.730. The topological polar surface area (TPSA) is 0 Å². The minimum Gasteiger partial charge on any atom is -0.167 e. The average Bonchev–Trinajstić information content (AvgIpc) is 2.03. The predicted molar refractivity (Wildman–Crippen MR) is 48.4 cm³/mol. The molecule has 1 atom stereocenters. The van der Waals surface area contributed by atoms with Crippen LogP contribution in [-0.4, -0.2) is 6.18 Å². The molecule has 0 aliphatic rings. The summed E-state index contributed by atoms with van der Waals surface area (Å²) in [5, 5.41) is 0. The second kappa shape index (κ2) is 5.84. The lowest BCUT2D eigenvalue weighted by Crippen LogP contribution is -2.03. The van der Waals surface area contributed by atoms with Crippen molar-refractivity contribution in [3.63, 3.8) is 0 Å². The monoisotopic (exact) mass is 192 g/mol. The largest absolute Gasteiger partial charge is 0.409 e. The first-order valence-corrected chi connectivity index (χ1v) is 4.36. The summed E-state index contributed by atoms with van der Waals surface area (Å²) in [7, 11) is 0. The lowest BCUT2D eigenvalue weighted by molar-refractivity contribution is -0.0802. The van der Waals surface area contributed by atoms with E-state index in [0.717, 1.165) is 19.3 Å². The van der Waals surface area contributed by atoms with E-state index in [1.54, 1.807) is 6.08 Å². The van der Waals surface area contributed by atoms with Crippen molar-refractivity contribution in [1.29, 1.82) is 0 Å². The number of allylic oxidation sites excluding steroid dienone is 3. The molecule has 0 spiro atoms. The van der Waals surface area contributed by atoms with E-state index in [1.807, 2.05) is 6.92 Å². The summed E-state index contributed by atoms with van der Waals surface area (Å²) >= 11 is 0. The quantitative estimate of drug-likeness (QED) is 0.575. The molecule has 0 aliphatic heterocycles. The molecule has 0 nitrogen and oxygen atoms in total. The van der Waals surface area contributed by atoms with Crippen molar-refractivity contribution in [2.75, 3.05) is 0 Å². The van der Waals surface area contributed by atoms with Gasteiger partial charge in [0.1, 0.15) is 0 Å². The summed E-state index contributed by atoms with van der Waals surface area (Å²) in [5.41, 5.74) is 0.